The second kappa shape index (κ2) is 5.66. The summed E-state index contributed by atoms with van der Waals surface area (Å²) in [6.45, 7) is 4.76. The molecular weight excluding hydrogens is 338 g/mol. The fourth-order valence-corrected chi connectivity index (χ4v) is 5.52. The first-order valence-electron chi connectivity index (χ1n) is 10.1. The maximum atomic E-state index is 6.39. The van der Waals surface area contributed by atoms with Crippen LogP contribution >= 0.6 is 0 Å². The molecule has 4 aliphatic rings. The summed E-state index contributed by atoms with van der Waals surface area (Å²) in [7, 11) is 2.05. The number of aliphatic imine (C=N–C) groups is 1. The molecule has 1 aromatic carbocycles. The molecule has 0 spiro atoms. The minimum absolute atomic E-state index is 0.175. The predicted molar refractivity (Wildman–Crippen MR) is 106 cm³/mol. The van der Waals surface area contributed by atoms with Crippen molar-refractivity contribution in [3.63, 3.8) is 0 Å². The lowest BCUT2D eigenvalue weighted by Crippen LogP contribution is -2.36. The Morgan fingerprint density at radius 1 is 1.33 bits per heavy atom. The zero-order valence-electron chi connectivity index (χ0n) is 16.5. The Bertz CT molecular complexity index is 857. The molecule has 5 heteroatoms. The van der Waals surface area contributed by atoms with Gasteiger partial charge in [-0.05, 0) is 57.1 Å². The van der Waals surface area contributed by atoms with Crippen LogP contribution in [-0.2, 0) is 6.42 Å². The molecule has 5 nitrogen and oxygen atoms in total. The quantitative estimate of drug-likeness (QED) is 0.886. The molecule has 144 valence electrons. The van der Waals surface area contributed by atoms with Crippen molar-refractivity contribution in [3.8, 4) is 11.5 Å². The molecule has 27 heavy (non-hydrogen) atoms. The van der Waals surface area contributed by atoms with Crippen LogP contribution in [0.4, 0.5) is 0 Å². The van der Waals surface area contributed by atoms with Crippen LogP contribution in [-0.4, -0.2) is 35.7 Å². The summed E-state index contributed by atoms with van der Waals surface area (Å²) in [5.74, 6) is 2.97. The van der Waals surface area contributed by atoms with Crippen LogP contribution in [0.5, 0.6) is 11.5 Å². The Hall–Kier alpha value is -2.17. The molecule has 1 aromatic rings. The maximum absolute atomic E-state index is 6.39. The van der Waals surface area contributed by atoms with E-state index in [0.717, 1.165) is 24.3 Å². The van der Waals surface area contributed by atoms with E-state index in [1.807, 2.05) is 13.1 Å². The van der Waals surface area contributed by atoms with Gasteiger partial charge in [-0.15, -0.1) is 0 Å². The summed E-state index contributed by atoms with van der Waals surface area (Å²) in [5, 5.41) is 0. The molecule has 1 fully saturated rings. The van der Waals surface area contributed by atoms with E-state index in [-0.39, 0.29) is 11.1 Å². The average molecular weight is 367 g/mol. The van der Waals surface area contributed by atoms with E-state index in [9.17, 15) is 0 Å². The SMILES string of the molecule is CN1C(N)=NC2(COc3cccc4c3OC(C)(C)C4)CC3CCCCC3=C12. The van der Waals surface area contributed by atoms with Gasteiger partial charge in [0.15, 0.2) is 17.5 Å². The Labute approximate surface area is 161 Å². The van der Waals surface area contributed by atoms with Crippen molar-refractivity contribution in [2.75, 3.05) is 13.7 Å². The topological polar surface area (TPSA) is 60.1 Å². The molecule has 1 saturated carbocycles. The standard InChI is InChI=1S/C22H29N3O2/c1-21(2)11-15-8-6-10-17(18(15)27-21)26-13-22-12-14-7-4-5-9-16(14)19(22)25(3)20(23)24-22/h6,8,10,14H,4-5,7,9,11-13H2,1-3H3,(H2,23,24). The lowest BCUT2D eigenvalue weighted by molar-refractivity contribution is 0.129. The fraction of sp³-hybridized carbons (Fsp3) is 0.591. The highest BCUT2D eigenvalue weighted by Crippen LogP contribution is 2.52. The van der Waals surface area contributed by atoms with Crippen molar-refractivity contribution in [1.29, 1.82) is 0 Å². The van der Waals surface area contributed by atoms with Crippen LogP contribution in [0.2, 0.25) is 0 Å². The van der Waals surface area contributed by atoms with Gasteiger partial charge in [0.05, 0.1) is 5.70 Å². The lowest BCUT2D eigenvalue weighted by atomic mass is 9.85. The van der Waals surface area contributed by atoms with Gasteiger partial charge in [0.25, 0.3) is 0 Å². The number of fused-ring (bicyclic) bond motifs is 3. The first-order valence-corrected chi connectivity index (χ1v) is 10.1. The Morgan fingerprint density at radius 3 is 3.04 bits per heavy atom. The predicted octanol–water partition coefficient (Wildman–Crippen LogP) is 3.63. The second-order valence-electron chi connectivity index (χ2n) is 9.15. The molecule has 0 aromatic heterocycles. The Morgan fingerprint density at radius 2 is 2.19 bits per heavy atom. The fourth-order valence-electron chi connectivity index (χ4n) is 5.52. The molecular formula is C22H29N3O2. The highest BCUT2D eigenvalue weighted by Gasteiger charge is 2.52. The van der Waals surface area contributed by atoms with E-state index < -0.39 is 0 Å². The maximum Gasteiger partial charge on any atom is 0.196 e. The third kappa shape index (κ3) is 2.54. The molecule has 2 heterocycles. The number of guanidine groups is 1. The minimum Gasteiger partial charge on any atom is -0.487 e. The van der Waals surface area contributed by atoms with E-state index in [2.05, 4.69) is 30.9 Å². The molecule has 2 aliphatic heterocycles. The number of hydrogen-bond donors (Lipinski definition) is 1. The molecule has 0 radical (unpaired) electrons. The number of para-hydroxylation sites is 1. The van der Waals surface area contributed by atoms with E-state index in [1.54, 1.807) is 5.57 Å². The van der Waals surface area contributed by atoms with Crippen LogP contribution in [0.15, 0.2) is 34.5 Å². The first kappa shape index (κ1) is 17.0. The highest BCUT2D eigenvalue weighted by atomic mass is 16.5. The average Bonchev–Trinajstić information content (AvgIpc) is 3.19. The van der Waals surface area contributed by atoms with Gasteiger partial charge in [0.1, 0.15) is 17.7 Å². The van der Waals surface area contributed by atoms with Gasteiger partial charge in [-0.3, -0.25) is 0 Å². The number of ether oxygens (including phenoxy) is 2. The number of allylic oxidation sites excluding steroid dienone is 1. The molecule has 2 atom stereocenters. The lowest BCUT2D eigenvalue weighted by Gasteiger charge is -2.26. The molecule has 0 amide bonds. The highest BCUT2D eigenvalue weighted by molar-refractivity contribution is 5.84. The molecule has 5 rings (SSSR count). The van der Waals surface area contributed by atoms with Crippen LogP contribution in [0.1, 0.15) is 51.5 Å². The minimum atomic E-state index is -0.333. The van der Waals surface area contributed by atoms with Gasteiger partial charge in [0.2, 0.25) is 0 Å². The van der Waals surface area contributed by atoms with Crippen LogP contribution in [0, 0.1) is 5.92 Å². The number of benzene rings is 1. The van der Waals surface area contributed by atoms with E-state index >= 15 is 0 Å². The van der Waals surface area contributed by atoms with Crippen molar-refractivity contribution in [2.45, 2.75) is 63.5 Å². The van der Waals surface area contributed by atoms with Gasteiger partial charge < -0.3 is 20.1 Å². The number of rotatable bonds is 3. The monoisotopic (exact) mass is 367 g/mol. The van der Waals surface area contributed by atoms with E-state index in [0.29, 0.717) is 18.5 Å². The number of likely N-dealkylation sites (N-methyl/N-ethyl adjacent to an activating group) is 1. The zero-order valence-corrected chi connectivity index (χ0v) is 16.5. The molecule has 2 aliphatic carbocycles. The van der Waals surface area contributed by atoms with Crippen LogP contribution in [0.3, 0.4) is 0 Å². The summed E-state index contributed by atoms with van der Waals surface area (Å²) < 4.78 is 12.6. The summed E-state index contributed by atoms with van der Waals surface area (Å²) >= 11 is 0. The van der Waals surface area contributed by atoms with Gasteiger partial charge in [-0.2, -0.15) is 0 Å². The largest absolute Gasteiger partial charge is 0.487 e. The van der Waals surface area contributed by atoms with Crippen LogP contribution < -0.4 is 15.2 Å². The van der Waals surface area contributed by atoms with Crippen molar-refractivity contribution >= 4 is 5.96 Å². The van der Waals surface area contributed by atoms with Gasteiger partial charge >= 0.3 is 0 Å². The van der Waals surface area contributed by atoms with Crippen molar-refractivity contribution < 1.29 is 9.47 Å². The van der Waals surface area contributed by atoms with Gasteiger partial charge in [-0.1, -0.05) is 18.6 Å². The number of nitrogens with zero attached hydrogens (tertiary/aromatic N) is 2. The van der Waals surface area contributed by atoms with Crippen molar-refractivity contribution in [3.05, 3.63) is 35.0 Å². The molecule has 0 bridgehead atoms. The third-order valence-corrected chi connectivity index (χ3v) is 6.60. The molecule has 0 saturated heterocycles. The first-order chi connectivity index (χ1) is 12.9. The summed E-state index contributed by atoms with van der Waals surface area (Å²) in [5.41, 5.74) is 9.81. The Balaban J connectivity index is 1.45. The van der Waals surface area contributed by atoms with Crippen LogP contribution in [0.25, 0.3) is 0 Å². The van der Waals surface area contributed by atoms with Crippen molar-refractivity contribution in [1.82, 2.24) is 4.90 Å². The summed E-state index contributed by atoms with van der Waals surface area (Å²) in [4.78, 5) is 7.02. The van der Waals surface area contributed by atoms with Gasteiger partial charge in [-0.25, -0.2) is 4.99 Å². The van der Waals surface area contributed by atoms with Crippen molar-refractivity contribution in [2.24, 2.45) is 16.6 Å². The Kier molecular flexibility index (Phi) is 3.56. The smallest absolute Gasteiger partial charge is 0.196 e. The molecule has 2 unspecified atom stereocenters. The molecule has 2 N–H and O–H groups in total. The summed E-state index contributed by atoms with van der Waals surface area (Å²) in [6.07, 6.45) is 6.96. The number of nitrogens with two attached hydrogens (primary N) is 1. The zero-order chi connectivity index (χ0) is 18.8. The van der Waals surface area contributed by atoms with Gasteiger partial charge in [0, 0.05) is 19.0 Å². The third-order valence-electron chi connectivity index (χ3n) is 6.60. The van der Waals surface area contributed by atoms with E-state index in [4.69, 9.17) is 20.2 Å². The number of hydrogen-bond acceptors (Lipinski definition) is 5. The second-order valence-corrected chi connectivity index (χ2v) is 9.15. The normalized spacial score (nSPS) is 30.6. The summed E-state index contributed by atoms with van der Waals surface area (Å²) in [6, 6.07) is 6.20. The van der Waals surface area contributed by atoms with E-state index in [1.165, 1.54) is 36.9 Å².